The molecule has 0 amide bonds. The minimum absolute atomic E-state index is 0. The van der Waals surface area contributed by atoms with Crippen molar-refractivity contribution in [1.82, 2.24) is 0 Å². The molecular weight excluding hydrogens is 1330 g/mol. The first-order valence-electron chi connectivity index (χ1n) is 39.0. The van der Waals surface area contributed by atoms with Crippen LogP contribution in [0.5, 0.6) is 0 Å². The molecule has 0 heterocycles. The Bertz CT molecular complexity index is 3670. The zero-order chi connectivity index (χ0) is 77.6. The average Bonchev–Trinajstić information content (AvgIpc) is 1.31. The SMILES string of the molecule is C.C.C.C.C.C.C.C.C.Cc1c(C(C)C)cc(C(C)C)cc1C(C)C.Cc1c(C(C)C)cccc1C(C)C.Cc1cc(C)c(C)c(C)c1.Cc1ccc(C(C)(C)C)cc1.Cc1ccc(C(C)(C)C)cc1C(C)(C)C.Cc1ccc(C(C)C)cc1.Cc1ccc(C)cc1.Cc1ccc(C2CCCC2)cc1.Cc1ccccc1. The lowest BCUT2D eigenvalue weighted by Crippen LogP contribution is -2.17. The van der Waals surface area contributed by atoms with Gasteiger partial charge < -0.3 is 0 Å². The van der Waals surface area contributed by atoms with E-state index < -0.39 is 0 Å². The molecule has 0 bridgehead atoms. The Morgan fingerprint density at radius 2 is 0.550 bits per heavy atom. The van der Waals surface area contributed by atoms with Gasteiger partial charge in [-0.15, -0.1) is 0 Å². The van der Waals surface area contributed by atoms with Gasteiger partial charge in [-0.1, -0.05) is 452 Å². The first kappa shape index (κ1) is 120. The van der Waals surface area contributed by atoms with Gasteiger partial charge in [-0.25, -0.2) is 0 Å². The molecule has 0 heteroatoms. The average molecular weight is 1520 g/mol. The second kappa shape index (κ2) is 57.9. The van der Waals surface area contributed by atoms with Crippen molar-refractivity contribution in [2.75, 3.05) is 0 Å². The number of aryl methyl sites for hydroxylation is 10. The Hall–Kier alpha value is -7.02. The molecule has 0 N–H and O–H groups in total. The largest absolute Gasteiger partial charge is 0.0776 e. The van der Waals surface area contributed by atoms with Crippen LogP contribution in [0.15, 0.2) is 188 Å². The molecule has 0 atom stereocenters. The predicted octanol–water partition coefficient (Wildman–Crippen LogP) is 37.2. The van der Waals surface area contributed by atoms with E-state index in [1.807, 2.05) is 18.2 Å². The summed E-state index contributed by atoms with van der Waals surface area (Å²) in [4.78, 5) is 0. The molecule has 1 saturated carbocycles. The van der Waals surface area contributed by atoms with Crippen LogP contribution in [0.4, 0.5) is 0 Å². The van der Waals surface area contributed by atoms with Crippen molar-refractivity contribution < 1.29 is 0 Å². The lowest BCUT2D eigenvalue weighted by Gasteiger charge is -2.26. The fourth-order valence-corrected chi connectivity index (χ4v) is 12.7. The zero-order valence-corrected chi connectivity index (χ0v) is 71.8. The minimum Gasteiger partial charge on any atom is -0.0776 e. The van der Waals surface area contributed by atoms with Crippen molar-refractivity contribution in [1.29, 1.82) is 0 Å². The maximum atomic E-state index is 2.40. The van der Waals surface area contributed by atoms with Crippen LogP contribution in [0.25, 0.3) is 0 Å². The molecule has 1 aliphatic rings. The molecule has 0 unspecified atom stereocenters. The summed E-state index contributed by atoms with van der Waals surface area (Å²) in [6, 6.07) is 68.0. The van der Waals surface area contributed by atoms with Gasteiger partial charge in [0.1, 0.15) is 0 Å². The van der Waals surface area contributed by atoms with Crippen LogP contribution in [0.2, 0.25) is 0 Å². The number of rotatable bonds is 7. The quantitative estimate of drug-likeness (QED) is 0.149. The third kappa shape index (κ3) is 44.9. The van der Waals surface area contributed by atoms with E-state index in [4.69, 9.17) is 0 Å². The molecule has 0 aromatic heterocycles. The predicted molar refractivity (Wildman–Crippen MR) is 522 cm³/mol. The van der Waals surface area contributed by atoms with Gasteiger partial charge in [0.15, 0.2) is 0 Å². The highest BCUT2D eigenvalue weighted by molar-refractivity contribution is 5.44. The third-order valence-corrected chi connectivity index (χ3v) is 19.8. The van der Waals surface area contributed by atoms with Crippen LogP contribution in [0.1, 0.15) is 407 Å². The van der Waals surface area contributed by atoms with Crippen LogP contribution in [-0.2, 0) is 16.2 Å². The number of hydrogen-bond acceptors (Lipinski definition) is 0. The zero-order valence-electron chi connectivity index (χ0n) is 71.8. The smallest absolute Gasteiger partial charge is 0.0129 e. The molecule has 1 aliphatic carbocycles. The lowest BCUT2D eigenvalue weighted by molar-refractivity contribution is 0.566. The van der Waals surface area contributed by atoms with E-state index in [0.717, 1.165) is 5.92 Å². The molecule has 111 heavy (non-hydrogen) atoms. The topological polar surface area (TPSA) is 0 Å². The number of hydrogen-bond donors (Lipinski definition) is 0. The first-order chi connectivity index (χ1) is 47.3. The first-order valence-corrected chi connectivity index (χ1v) is 39.0. The lowest BCUT2D eigenvalue weighted by atomic mass is 9.79. The maximum absolute atomic E-state index is 2.40. The summed E-state index contributed by atoms with van der Waals surface area (Å²) >= 11 is 0. The Morgan fingerprint density at radius 3 is 0.856 bits per heavy atom. The number of benzene rings is 9. The summed E-state index contributed by atoms with van der Waals surface area (Å²) in [5.41, 5.74) is 33.5. The van der Waals surface area contributed by atoms with E-state index in [2.05, 4.69) is 405 Å². The van der Waals surface area contributed by atoms with Gasteiger partial charge in [0.2, 0.25) is 0 Å². The van der Waals surface area contributed by atoms with Crippen molar-refractivity contribution >= 4 is 0 Å². The second-order valence-corrected chi connectivity index (χ2v) is 34.6. The summed E-state index contributed by atoms with van der Waals surface area (Å²) < 4.78 is 0. The minimum atomic E-state index is 0. The summed E-state index contributed by atoms with van der Waals surface area (Å²) in [7, 11) is 0. The summed E-state index contributed by atoms with van der Waals surface area (Å²) in [6.07, 6.45) is 5.67. The van der Waals surface area contributed by atoms with E-state index in [0.29, 0.717) is 35.5 Å². The summed E-state index contributed by atoms with van der Waals surface area (Å²) in [6.45, 7) is 75.5. The fraction of sp³-hybridized carbons (Fsp3) is 0.514. The van der Waals surface area contributed by atoms with E-state index in [1.54, 1.807) is 5.56 Å². The van der Waals surface area contributed by atoms with Crippen molar-refractivity contribution in [2.24, 2.45) is 0 Å². The molecule has 1 fully saturated rings. The third-order valence-electron chi connectivity index (χ3n) is 19.8. The molecule has 0 nitrogen and oxygen atoms in total. The molecule has 0 spiro atoms. The van der Waals surface area contributed by atoms with Crippen molar-refractivity contribution in [3.8, 4) is 0 Å². The van der Waals surface area contributed by atoms with Gasteiger partial charge in [0.25, 0.3) is 0 Å². The van der Waals surface area contributed by atoms with Crippen molar-refractivity contribution in [2.45, 2.75) is 386 Å². The Labute approximate surface area is 697 Å². The summed E-state index contributed by atoms with van der Waals surface area (Å²) in [5.74, 6) is 4.66. The molecule has 0 radical (unpaired) electrons. The van der Waals surface area contributed by atoms with Gasteiger partial charge in [-0.05, 0) is 250 Å². The molecule has 9 aromatic rings. The maximum Gasteiger partial charge on any atom is -0.0129 e. The molecule has 628 valence electrons. The molecule has 10 rings (SSSR count). The van der Waals surface area contributed by atoms with Crippen LogP contribution in [-0.4, -0.2) is 0 Å². The van der Waals surface area contributed by atoms with Gasteiger partial charge >= 0.3 is 0 Å². The molecule has 0 saturated heterocycles. The summed E-state index contributed by atoms with van der Waals surface area (Å²) in [5, 5.41) is 0. The van der Waals surface area contributed by atoms with Crippen LogP contribution in [0, 0.1) is 90.0 Å². The molecular formula is C111H184. The van der Waals surface area contributed by atoms with E-state index in [1.165, 1.54) is 148 Å². The van der Waals surface area contributed by atoms with Gasteiger partial charge in [-0.2, -0.15) is 0 Å². The monoisotopic (exact) mass is 1520 g/mol. The normalized spacial score (nSPS) is 11.0. The van der Waals surface area contributed by atoms with Gasteiger partial charge in [-0.3, -0.25) is 0 Å². The molecule has 0 aliphatic heterocycles. The van der Waals surface area contributed by atoms with Crippen LogP contribution < -0.4 is 0 Å². The Balaban J connectivity index is -0.000000179. The van der Waals surface area contributed by atoms with E-state index >= 15 is 0 Å². The Kier molecular flexibility index (Phi) is 62.5. The Morgan fingerprint density at radius 1 is 0.243 bits per heavy atom. The van der Waals surface area contributed by atoms with Crippen LogP contribution >= 0.6 is 0 Å². The van der Waals surface area contributed by atoms with Gasteiger partial charge in [0, 0.05) is 0 Å². The molecule has 9 aromatic carbocycles. The highest BCUT2D eigenvalue weighted by Gasteiger charge is 2.21. The van der Waals surface area contributed by atoms with Crippen LogP contribution in [0.3, 0.4) is 0 Å². The fourth-order valence-electron chi connectivity index (χ4n) is 12.7. The van der Waals surface area contributed by atoms with Gasteiger partial charge in [0.05, 0.1) is 0 Å². The standard InChI is InChI=1S/C16H26.C15H24.C13H20.C12H16.C11H16.2C10H14.C8H10.C7H8.9CH4/c1-10(2)14-8-15(11(3)4)13(7)16(9-14)12(5)6;1-11-8-9-12(14(2,3)4)10-13(11)15(5,6)7;1-9(2)12-7-6-8-13(10(3)4)11(12)5;1-10-6-8-12(9-7-10)11-4-2-3-5-11;1-9-5-7-10(8-6-9)11(2,3)4;1-7-5-8(2)10(4)9(3)6-7;1-8(2)10-6-4-9(3)5-7-10;1-7-3-5-8(2)6-4-7;1-7-5-3-2-4-6-7;;;;;;;;;/h8-12H,1-7H3;8-10H,1-7H3;6-10H,1-5H3;6-9,11H,2-5H2,1H3;5-8H,1-4H3;5-6H,1-4H3;4-8H,1-3H3;3-6H,1-2H3;2-6H,1H3;9*1H4. The van der Waals surface area contributed by atoms with E-state index in [-0.39, 0.29) is 83.1 Å². The second-order valence-electron chi connectivity index (χ2n) is 34.6. The van der Waals surface area contributed by atoms with E-state index in [9.17, 15) is 0 Å². The highest BCUT2D eigenvalue weighted by Crippen LogP contribution is 2.36. The highest BCUT2D eigenvalue weighted by atomic mass is 14.3. The van der Waals surface area contributed by atoms with Crippen molar-refractivity contribution in [3.63, 3.8) is 0 Å². The van der Waals surface area contributed by atoms with Crippen molar-refractivity contribution in [3.05, 3.63) is 316 Å².